The molecule has 1 fully saturated rings. The van der Waals surface area contributed by atoms with Gasteiger partial charge in [-0.2, -0.15) is 0 Å². The van der Waals surface area contributed by atoms with Gasteiger partial charge < -0.3 is 20.2 Å². The van der Waals surface area contributed by atoms with E-state index in [0.29, 0.717) is 18.1 Å². The van der Waals surface area contributed by atoms with Crippen molar-refractivity contribution in [2.24, 2.45) is 0 Å². The van der Waals surface area contributed by atoms with Gasteiger partial charge in [0.05, 0.1) is 36.8 Å². The molecule has 0 spiro atoms. The Bertz CT molecular complexity index is 853. The number of benzene rings is 2. The van der Waals surface area contributed by atoms with Crippen LogP contribution in [-0.2, 0) is 4.79 Å². The third-order valence-corrected chi connectivity index (χ3v) is 4.77. The number of aromatic hydroxyl groups is 1. The van der Waals surface area contributed by atoms with Gasteiger partial charge in [0.2, 0.25) is 0 Å². The molecule has 0 radical (unpaired) electrons. The maximum atomic E-state index is 12.3. The van der Waals surface area contributed by atoms with E-state index < -0.39 is 4.92 Å². The SMILES string of the molecule is O=C(C[NH+]1CCN(c2ccccc2O)CC1)Nc1cc(Cl)ccc1[N+](=O)[O-]. The molecule has 0 atom stereocenters. The zero-order chi connectivity index (χ0) is 19.4. The van der Waals surface area contributed by atoms with Crippen LogP contribution in [0.15, 0.2) is 42.5 Å². The van der Waals surface area contributed by atoms with E-state index in [-0.39, 0.29) is 29.6 Å². The van der Waals surface area contributed by atoms with Crippen LogP contribution >= 0.6 is 11.6 Å². The van der Waals surface area contributed by atoms with Crippen molar-refractivity contribution < 1.29 is 19.7 Å². The summed E-state index contributed by atoms with van der Waals surface area (Å²) in [5.41, 5.74) is 0.701. The lowest BCUT2D eigenvalue weighted by Gasteiger charge is -2.33. The standard InChI is InChI=1S/C18H19ClN4O4/c19-13-5-6-15(23(26)27)14(11-13)20-18(25)12-21-7-9-22(10-8-21)16-3-1-2-4-17(16)24/h1-6,11,24H,7-10,12H2,(H,20,25)/p+1. The summed E-state index contributed by atoms with van der Waals surface area (Å²) in [4.78, 5) is 26.0. The highest BCUT2D eigenvalue weighted by Gasteiger charge is 2.24. The van der Waals surface area contributed by atoms with Crippen molar-refractivity contribution in [1.82, 2.24) is 0 Å². The first-order valence-corrected chi connectivity index (χ1v) is 8.92. The normalized spacial score (nSPS) is 14.8. The number of halogens is 1. The molecular formula is C18H20ClN4O4+. The molecule has 0 saturated carbocycles. The minimum absolute atomic E-state index is 0.102. The number of rotatable bonds is 5. The van der Waals surface area contributed by atoms with Gasteiger partial charge >= 0.3 is 0 Å². The summed E-state index contributed by atoms with van der Waals surface area (Å²) in [5, 5.41) is 23.9. The third-order valence-electron chi connectivity index (χ3n) is 4.53. The van der Waals surface area contributed by atoms with Gasteiger partial charge in [-0.3, -0.25) is 14.9 Å². The van der Waals surface area contributed by atoms with Crippen molar-refractivity contribution in [3.63, 3.8) is 0 Å². The molecule has 8 nitrogen and oxygen atoms in total. The Balaban J connectivity index is 1.57. The largest absolute Gasteiger partial charge is 0.506 e. The average molecular weight is 392 g/mol. The van der Waals surface area contributed by atoms with Crippen LogP contribution in [0.4, 0.5) is 17.1 Å². The maximum absolute atomic E-state index is 12.3. The molecule has 1 aliphatic heterocycles. The lowest BCUT2D eigenvalue weighted by molar-refractivity contribution is -0.892. The molecule has 2 aromatic rings. The van der Waals surface area contributed by atoms with Gasteiger partial charge in [0.15, 0.2) is 6.54 Å². The van der Waals surface area contributed by atoms with Crippen LogP contribution in [0.25, 0.3) is 0 Å². The van der Waals surface area contributed by atoms with Gasteiger partial charge in [0, 0.05) is 11.1 Å². The summed E-state index contributed by atoms with van der Waals surface area (Å²) in [6.45, 7) is 3.06. The summed E-state index contributed by atoms with van der Waals surface area (Å²) in [5.74, 6) is -0.0571. The number of piperazine rings is 1. The summed E-state index contributed by atoms with van der Waals surface area (Å²) in [6, 6.07) is 11.2. The average Bonchev–Trinajstić information content (AvgIpc) is 2.62. The van der Waals surface area contributed by atoms with Crippen LogP contribution in [0.1, 0.15) is 0 Å². The third kappa shape index (κ3) is 4.66. The van der Waals surface area contributed by atoms with Gasteiger partial charge in [-0.25, -0.2) is 0 Å². The molecule has 0 bridgehead atoms. The number of quaternary nitrogens is 1. The fraction of sp³-hybridized carbons (Fsp3) is 0.278. The van der Waals surface area contributed by atoms with Crippen molar-refractivity contribution in [1.29, 1.82) is 0 Å². The molecule has 3 N–H and O–H groups in total. The smallest absolute Gasteiger partial charge is 0.292 e. The van der Waals surface area contributed by atoms with Crippen LogP contribution in [-0.4, -0.2) is 48.7 Å². The van der Waals surface area contributed by atoms with E-state index >= 15 is 0 Å². The molecule has 0 aromatic heterocycles. The highest BCUT2D eigenvalue weighted by molar-refractivity contribution is 6.31. The highest BCUT2D eigenvalue weighted by atomic mass is 35.5. The van der Waals surface area contributed by atoms with Gasteiger partial charge in [0.25, 0.3) is 11.6 Å². The number of amides is 1. The second kappa shape index (κ2) is 8.24. The van der Waals surface area contributed by atoms with Crippen LogP contribution in [0, 0.1) is 10.1 Å². The number of phenolic OH excluding ortho intramolecular Hbond substituents is 1. The molecule has 27 heavy (non-hydrogen) atoms. The number of nitro groups is 1. The number of carbonyl (C=O) groups is 1. The molecule has 142 valence electrons. The molecule has 3 rings (SSSR count). The Kier molecular flexibility index (Phi) is 5.78. The molecular weight excluding hydrogens is 372 g/mol. The van der Waals surface area contributed by atoms with Crippen LogP contribution in [0.2, 0.25) is 5.02 Å². The molecule has 0 aliphatic carbocycles. The Morgan fingerprint density at radius 3 is 2.63 bits per heavy atom. The minimum Gasteiger partial charge on any atom is -0.506 e. The summed E-state index contributed by atoms with van der Waals surface area (Å²) < 4.78 is 0. The summed E-state index contributed by atoms with van der Waals surface area (Å²) >= 11 is 5.88. The van der Waals surface area contributed by atoms with Crippen molar-refractivity contribution in [3.8, 4) is 5.75 Å². The van der Waals surface area contributed by atoms with Crippen LogP contribution in [0.5, 0.6) is 5.75 Å². The van der Waals surface area contributed by atoms with Crippen LogP contribution < -0.4 is 15.1 Å². The van der Waals surface area contributed by atoms with Crippen molar-refractivity contribution >= 4 is 34.6 Å². The Morgan fingerprint density at radius 1 is 1.26 bits per heavy atom. The fourth-order valence-corrected chi connectivity index (χ4v) is 3.33. The topological polar surface area (TPSA) is 100 Å². The first kappa shape index (κ1) is 18.9. The molecule has 2 aromatic carbocycles. The van der Waals surface area contributed by atoms with E-state index in [9.17, 15) is 20.0 Å². The fourth-order valence-electron chi connectivity index (χ4n) is 3.16. The Morgan fingerprint density at radius 2 is 1.96 bits per heavy atom. The number of anilines is 2. The van der Waals surface area contributed by atoms with Gasteiger partial charge in [-0.05, 0) is 24.3 Å². The minimum atomic E-state index is -0.552. The monoisotopic (exact) mass is 391 g/mol. The van der Waals surface area contributed by atoms with Gasteiger partial charge in [0.1, 0.15) is 11.4 Å². The predicted molar refractivity (Wildman–Crippen MR) is 103 cm³/mol. The number of nitro benzene ring substituents is 1. The van der Waals surface area contributed by atoms with Crippen molar-refractivity contribution in [2.45, 2.75) is 0 Å². The maximum Gasteiger partial charge on any atom is 0.292 e. The molecule has 1 amide bonds. The van der Waals surface area contributed by atoms with Gasteiger partial charge in [-0.15, -0.1) is 0 Å². The summed E-state index contributed by atoms with van der Waals surface area (Å²) in [7, 11) is 0. The molecule has 1 saturated heterocycles. The summed E-state index contributed by atoms with van der Waals surface area (Å²) in [6.07, 6.45) is 0. The number of para-hydroxylation sites is 2. The number of hydrogen-bond acceptors (Lipinski definition) is 5. The first-order chi connectivity index (χ1) is 12.9. The first-order valence-electron chi connectivity index (χ1n) is 8.54. The van der Waals surface area contributed by atoms with E-state index in [1.54, 1.807) is 12.1 Å². The van der Waals surface area contributed by atoms with Crippen molar-refractivity contribution in [3.05, 3.63) is 57.6 Å². The van der Waals surface area contributed by atoms with Crippen LogP contribution in [0.3, 0.4) is 0 Å². The van der Waals surface area contributed by atoms with E-state index in [2.05, 4.69) is 10.2 Å². The second-order valence-corrected chi connectivity index (χ2v) is 6.81. The Labute approximate surface area is 161 Å². The molecule has 1 aliphatic rings. The zero-order valence-corrected chi connectivity index (χ0v) is 15.3. The van der Waals surface area contributed by atoms with Crippen molar-refractivity contribution in [2.75, 3.05) is 42.9 Å². The highest BCUT2D eigenvalue weighted by Crippen LogP contribution is 2.27. The quantitative estimate of drug-likeness (QED) is 0.527. The van der Waals surface area contributed by atoms with E-state index in [4.69, 9.17) is 11.6 Å². The lowest BCUT2D eigenvalue weighted by atomic mass is 10.2. The number of nitrogens with zero attached hydrogens (tertiary/aromatic N) is 2. The molecule has 0 unspecified atom stereocenters. The zero-order valence-electron chi connectivity index (χ0n) is 14.5. The van der Waals surface area contributed by atoms with E-state index in [1.807, 2.05) is 12.1 Å². The molecule has 9 heteroatoms. The number of hydrogen-bond donors (Lipinski definition) is 3. The predicted octanol–water partition coefficient (Wildman–Crippen LogP) is 1.30. The second-order valence-electron chi connectivity index (χ2n) is 6.37. The van der Waals surface area contributed by atoms with Gasteiger partial charge in [-0.1, -0.05) is 23.7 Å². The van der Waals surface area contributed by atoms with E-state index in [1.165, 1.54) is 18.2 Å². The number of carbonyl (C=O) groups excluding carboxylic acids is 1. The lowest BCUT2D eigenvalue weighted by Crippen LogP contribution is -3.15. The molecule has 1 heterocycles. The number of nitrogens with one attached hydrogen (secondary N) is 2. The van der Waals surface area contributed by atoms with E-state index in [0.717, 1.165) is 23.7 Å². The number of phenols is 1. The Hall–Kier alpha value is -2.84.